The van der Waals surface area contributed by atoms with Crippen molar-refractivity contribution in [2.24, 2.45) is 5.92 Å². The smallest absolute Gasteiger partial charge is 0.237 e. The van der Waals surface area contributed by atoms with Gasteiger partial charge in [-0.05, 0) is 31.6 Å². The molecule has 1 heterocycles. The molecule has 2 rings (SSSR count). The zero-order valence-corrected chi connectivity index (χ0v) is 9.59. The molecule has 1 saturated heterocycles. The summed E-state index contributed by atoms with van der Waals surface area (Å²) in [5.41, 5.74) is 0. The molecule has 3 unspecified atom stereocenters. The van der Waals surface area contributed by atoms with Gasteiger partial charge in [0.05, 0.1) is 6.04 Å². The number of piperidine rings is 1. The molecule has 0 spiro atoms. The number of carbonyl (C=O) groups is 1. The van der Waals surface area contributed by atoms with Crippen LogP contribution < -0.4 is 10.6 Å². The Morgan fingerprint density at radius 2 is 2.20 bits per heavy atom. The Balaban J connectivity index is 1.86. The molecule has 86 valence electrons. The van der Waals surface area contributed by atoms with Crippen molar-refractivity contribution in [3.05, 3.63) is 0 Å². The van der Waals surface area contributed by atoms with Crippen molar-refractivity contribution >= 4 is 5.91 Å². The van der Waals surface area contributed by atoms with Gasteiger partial charge in [-0.25, -0.2) is 0 Å². The van der Waals surface area contributed by atoms with Gasteiger partial charge in [-0.1, -0.05) is 19.8 Å². The number of nitrogens with one attached hydrogen (secondary N) is 2. The molecule has 2 aliphatic rings. The summed E-state index contributed by atoms with van der Waals surface area (Å²) in [4.78, 5) is 11.6. The highest BCUT2D eigenvalue weighted by Crippen LogP contribution is 2.28. The molecular formula is C12H22N2O. The molecule has 1 aliphatic heterocycles. The van der Waals surface area contributed by atoms with Crippen LogP contribution in [0.4, 0.5) is 0 Å². The third-order valence-electron chi connectivity index (χ3n) is 3.88. The van der Waals surface area contributed by atoms with Crippen molar-refractivity contribution in [3.63, 3.8) is 0 Å². The standard InChI is InChI=1S/C12H22N2O/c1-2-9-5-3-6-10(9)14-11-7-4-8-13-12(11)15/h9-11,14H,2-8H2,1H3,(H,13,15). The summed E-state index contributed by atoms with van der Waals surface area (Å²) in [6.45, 7) is 3.12. The number of amides is 1. The molecule has 15 heavy (non-hydrogen) atoms. The van der Waals surface area contributed by atoms with Gasteiger partial charge in [-0.15, -0.1) is 0 Å². The first-order valence-electron chi connectivity index (χ1n) is 6.35. The van der Waals surface area contributed by atoms with Crippen molar-refractivity contribution < 1.29 is 4.79 Å². The largest absolute Gasteiger partial charge is 0.355 e. The number of carbonyl (C=O) groups excluding carboxylic acids is 1. The highest BCUT2D eigenvalue weighted by atomic mass is 16.2. The van der Waals surface area contributed by atoms with Crippen molar-refractivity contribution in [1.29, 1.82) is 0 Å². The fourth-order valence-electron chi connectivity index (χ4n) is 2.93. The van der Waals surface area contributed by atoms with Gasteiger partial charge in [0.1, 0.15) is 0 Å². The molecule has 3 atom stereocenters. The van der Waals surface area contributed by atoms with Crippen LogP contribution in [0.5, 0.6) is 0 Å². The summed E-state index contributed by atoms with van der Waals surface area (Å²) in [6.07, 6.45) is 7.28. The van der Waals surface area contributed by atoms with Crippen molar-refractivity contribution in [1.82, 2.24) is 10.6 Å². The average Bonchev–Trinajstić information content (AvgIpc) is 2.69. The molecule has 0 aromatic rings. The van der Waals surface area contributed by atoms with Gasteiger partial charge in [0.2, 0.25) is 5.91 Å². The van der Waals surface area contributed by atoms with Gasteiger partial charge in [0.15, 0.2) is 0 Å². The zero-order valence-electron chi connectivity index (χ0n) is 9.59. The van der Waals surface area contributed by atoms with E-state index in [4.69, 9.17) is 0 Å². The lowest BCUT2D eigenvalue weighted by atomic mass is 9.98. The predicted molar refractivity (Wildman–Crippen MR) is 60.6 cm³/mol. The van der Waals surface area contributed by atoms with Gasteiger partial charge >= 0.3 is 0 Å². The van der Waals surface area contributed by atoms with E-state index in [2.05, 4.69) is 17.6 Å². The van der Waals surface area contributed by atoms with Gasteiger partial charge < -0.3 is 10.6 Å². The van der Waals surface area contributed by atoms with E-state index in [9.17, 15) is 4.79 Å². The molecule has 0 aromatic carbocycles. The zero-order chi connectivity index (χ0) is 10.7. The highest BCUT2D eigenvalue weighted by molar-refractivity contribution is 5.82. The van der Waals surface area contributed by atoms with E-state index in [1.165, 1.54) is 25.7 Å². The van der Waals surface area contributed by atoms with Crippen LogP contribution in [0.15, 0.2) is 0 Å². The van der Waals surface area contributed by atoms with Gasteiger partial charge in [0, 0.05) is 12.6 Å². The van der Waals surface area contributed by atoms with Crippen LogP contribution in [0.2, 0.25) is 0 Å². The summed E-state index contributed by atoms with van der Waals surface area (Å²) < 4.78 is 0. The predicted octanol–water partition coefficient (Wildman–Crippen LogP) is 1.43. The first-order valence-corrected chi connectivity index (χ1v) is 6.35. The maximum absolute atomic E-state index is 11.6. The van der Waals surface area contributed by atoms with Crippen LogP contribution in [-0.4, -0.2) is 24.5 Å². The van der Waals surface area contributed by atoms with Gasteiger partial charge in [-0.3, -0.25) is 4.79 Å². The van der Waals surface area contributed by atoms with E-state index >= 15 is 0 Å². The summed E-state index contributed by atoms with van der Waals surface area (Å²) in [7, 11) is 0. The topological polar surface area (TPSA) is 41.1 Å². The van der Waals surface area contributed by atoms with Gasteiger partial charge in [0.25, 0.3) is 0 Å². The van der Waals surface area contributed by atoms with E-state index in [-0.39, 0.29) is 11.9 Å². The SMILES string of the molecule is CCC1CCCC1NC1CCCNC1=O. The van der Waals surface area contributed by atoms with Gasteiger partial charge in [-0.2, -0.15) is 0 Å². The lowest BCUT2D eigenvalue weighted by Crippen LogP contribution is -2.52. The van der Waals surface area contributed by atoms with E-state index in [1.807, 2.05) is 0 Å². The summed E-state index contributed by atoms with van der Waals surface area (Å²) in [5.74, 6) is 1.00. The quantitative estimate of drug-likeness (QED) is 0.740. The van der Waals surface area contributed by atoms with Crippen molar-refractivity contribution in [2.75, 3.05) is 6.54 Å². The summed E-state index contributed by atoms with van der Waals surface area (Å²) >= 11 is 0. The number of rotatable bonds is 3. The third-order valence-corrected chi connectivity index (χ3v) is 3.88. The number of hydrogen-bond acceptors (Lipinski definition) is 2. The Labute approximate surface area is 92.0 Å². The molecular weight excluding hydrogens is 188 g/mol. The molecule has 3 heteroatoms. The van der Waals surface area contributed by atoms with Crippen LogP contribution in [0, 0.1) is 5.92 Å². The molecule has 1 amide bonds. The minimum atomic E-state index is 0.0795. The summed E-state index contributed by atoms with van der Waals surface area (Å²) in [6, 6.07) is 0.666. The van der Waals surface area contributed by atoms with E-state index < -0.39 is 0 Å². The van der Waals surface area contributed by atoms with E-state index in [1.54, 1.807) is 0 Å². The normalized spacial score (nSPS) is 36.6. The van der Waals surface area contributed by atoms with Crippen LogP contribution in [-0.2, 0) is 4.79 Å². The fourth-order valence-corrected chi connectivity index (χ4v) is 2.93. The molecule has 0 bridgehead atoms. The Morgan fingerprint density at radius 1 is 1.33 bits per heavy atom. The first kappa shape index (κ1) is 10.9. The molecule has 1 saturated carbocycles. The Hall–Kier alpha value is -0.570. The fraction of sp³-hybridized carbons (Fsp3) is 0.917. The minimum absolute atomic E-state index is 0.0795. The highest BCUT2D eigenvalue weighted by Gasteiger charge is 2.30. The molecule has 1 aliphatic carbocycles. The van der Waals surface area contributed by atoms with Crippen LogP contribution in [0.3, 0.4) is 0 Å². The van der Waals surface area contributed by atoms with Crippen molar-refractivity contribution in [3.8, 4) is 0 Å². The Morgan fingerprint density at radius 3 is 2.93 bits per heavy atom. The summed E-state index contributed by atoms with van der Waals surface area (Å²) in [5, 5.41) is 6.49. The molecule has 2 N–H and O–H groups in total. The molecule has 2 fully saturated rings. The minimum Gasteiger partial charge on any atom is -0.355 e. The van der Waals surface area contributed by atoms with E-state index in [0.29, 0.717) is 6.04 Å². The monoisotopic (exact) mass is 210 g/mol. The van der Waals surface area contributed by atoms with Crippen LogP contribution >= 0.6 is 0 Å². The van der Waals surface area contributed by atoms with Crippen molar-refractivity contribution in [2.45, 2.75) is 57.5 Å². The van der Waals surface area contributed by atoms with Crippen LogP contribution in [0.25, 0.3) is 0 Å². The maximum atomic E-state index is 11.6. The van der Waals surface area contributed by atoms with Crippen LogP contribution in [0.1, 0.15) is 45.4 Å². The first-order chi connectivity index (χ1) is 7.31. The Kier molecular flexibility index (Phi) is 3.62. The second-order valence-electron chi connectivity index (χ2n) is 4.86. The average molecular weight is 210 g/mol. The lowest BCUT2D eigenvalue weighted by molar-refractivity contribution is -0.124. The molecule has 0 aromatic heterocycles. The second kappa shape index (κ2) is 4.97. The molecule has 0 radical (unpaired) electrons. The lowest BCUT2D eigenvalue weighted by Gasteiger charge is -2.28. The molecule has 3 nitrogen and oxygen atoms in total. The third kappa shape index (κ3) is 2.51. The Bertz CT molecular complexity index is 230. The second-order valence-corrected chi connectivity index (χ2v) is 4.86. The number of hydrogen-bond donors (Lipinski definition) is 2. The van der Waals surface area contributed by atoms with E-state index in [0.717, 1.165) is 25.3 Å². The maximum Gasteiger partial charge on any atom is 0.237 e.